The maximum Gasteiger partial charge on any atom is 0.282 e. The third-order valence-electron chi connectivity index (χ3n) is 5.62. The first kappa shape index (κ1) is 19.4. The molecule has 1 amide bonds. The second-order valence-corrected chi connectivity index (χ2v) is 7.83. The molecular weight excluding hydrogens is 382 g/mol. The van der Waals surface area contributed by atoms with Crippen LogP contribution in [0.1, 0.15) is 56.3 Å². The van der Waals surface area contributed by atoms with Crippen molar-refractivity contribution in [1.82, 2.24) is 20.0 Å². The molecular formula is C19H22F2N6O2. The normalized spacial score (nSPS) is 17.6. The van der Waals surface area contributed by atoms with Crippen LogP contribution in [0.2, 0.25) is 0 Å². The van der Waals surface area contributed by atoms with E-state index in [1.54, 1.807) is 6.92 Å². The van der Waals surface area contributed by atoms with Gasteiger partial charge in [0.2, 0.25) is 0 Å². The summed E-state index contributed by atoms with van der Waals surface area (Å²) in [6, 6.07) is 0.412. The number of rotatable bonds is 8. The summed E-state index contributed by atoms with van der Waals surface area (Å²) in [7, 11) is 0. The predicted molar refractivity (Wildman–Crippen MR) is 101 cm³/mol. The molecule has 2 aliphatic rings. The molecule has 2 aromatic rings. The van der Waals surface area contributed by atoms with Crippen molar-refractivity contribution in [2.45, 2.75) is 45.1 Å². The number of alkyl halides is 2. The van der Waals surface area contributed by atoms with E-state index in [1.165, 1.54) is 17.1 Å². The fourth-order valence-electron chi connectivity index (χ4n) is 3.73. The second kappa shape index (κ2) is 7.49. The fourth-order valence-corrected chi connectivity index (χ4v) is 3.73. The standard InChI is InChI=1S/C19H22F2N6O2/c1-9(13-6-14(17(20)21)25-26-18(13)28)27-8-12(7-23-27)24-19(29)16(22)15(10-2-3-10)11-4-5-11/h6-11,15,17,22H,2-5H2,1H3,(H,24,29)(H,26,28). The Morgan fingerprint density at radius 2 is 1.97 bits per heavy atom. The van der Waals surface area contributed by atoms with Crippen LogP contribution in [0.15, 0.2) is 23.3 Å². The third-order valence-corrected chi connectivity index (χ3v) is 5.62. The molecule has 0 radical (unpaired) electrons. The van der Waals surface area contributed by atoms with Gasteiger partial charge in [-0.2, -0.15) is 10.2 Å². The maximum atomic E-state index is 12.9. The number of nitrogens with one attached hydrogen (secondary N) is 3. The summed E-state index contributed by atoms with van der Waals surface area (Å²) in [6.45, 7) is 1.64. The number of anilines is 1. The van der Waals surface area contributed by atoms with Crippen LogP contribution in [0.25, 0.3) is 0 Å². The summed E-state index contributed by atoms with van der Waals surface area (Å²) < 4.78 is 27.2. The number of carbonyl (C=O) groups excluding carboxylic acids is 1. The first-order chi connectivity index (χ1) is 13.8. The second-order valence-electron chi connectivity index (χ2n) is 7.83. The Hall–Kier alpha value is -2.91. The van der Waals surface area contributed by atoms with Gasteiger partial charge in [0.05, 0.1) is 17.9 Å². The molecule has 154 valence electrons. The van der Waals surface area contributed by atoms with E-state index in [4.69, 9.17) is 5.41 Å². The van der Waals surface area contributed by atoms with Crippen LogP contribution >= 0.6 is 0 Å². The van der Waals surface area contributed by atoms with Gasteiger partial charge in [-0.1, -0.05) is 0 Å². The number of aromatic amines is 1. The highest BCUT2D eigenvalue weighted by Gasteiger charge is 2.45. The maximum absolute atomic E-state index is 12.9. The Bertz CT molecular complexity index is 981. The molecule has 1 atom stereocenters. The van der Waals surface area contributed by atoms with Crippen molar-refractivity contribution in [3.8, 4) is 0 Å². The van der Waals surface area contributed by atoms with Gasteiger partial charge >= 0.3 is 0 Å². The average molecular weight is 404 g/mol. The lowest BCUT2D eigenvalue weighted by molar-refractivity contribution is -0.110. The number of halogens is 2. The van der Waals surface area contributed by atoms with E-state index in [9.17, 15) is 18.4 Å². The minimum absolute atomic E-state index is 0.0344. The van der Waals surface area contributed by atoms with E-state index in [2.05, 4.69) is 20.6 Å². The Morgan fingerprint density at radius 1 is 1.31 bits per heavy atom. The zero-order valence-electron chi connectivity index (χ0n) is 15.9. The van der Waals surface area contributed by atoms with E-state index in [1.807, 2.05) is 0 Å². The largest absolute Gasteiger partial charge is 0.318 e. The third kappa shape index (κ3) is 4.10. The molecule has 2 saturated carbocycles. The van der Waals surface area contributed by atoms with Gasteiger partial charge in [0.25, 0.3) is 17.9 Å². The minimum Gasteiger partial charge on any atom is -0.318 e. The molecule has 2 fully saturated rings. The molecule has 2 aromatic heterocycles. The van der Waals surface area contributed by atoms with Gasteiger partial charge in [0.15, 0.2) is 0 Å². The molecule has 10 heteroatoms. The number of hydrogen-bond acceptors (Lipinski definition) is 5. The highest BCUT2D eigenvalue weighted by Crippen LogP contribution is 2.49. The van der Waals surface area contributed by atoms with Crippen LogP contribution in [0.5, 0.6) is 0 Å². The number of amides is 1. The molecule has 8 nitrogen and oxygen atoms in total. The van der Waals surface area contributed by atoms with Gasteiger partial charge < -0.3 is 5.32 Å². The lowest BCUT2D eigenvalue weighted by atomic mass is 9.92. The topological polar surface area (TPSA) is 117 Å². The Balaban J connectivity index is 1.47. The quantitative estimate of drug-likeness (QED) is 0.587. The molecule has 2 aliphatic carbocycles. The summed E-state index contributed by atoms with van der Waals surface area (Å²) in [4.78, 5) is 24.5. The van der Waals surface area contributed by atoms with E-state index in [0.717, 1.165) is 31.7 Å². The van der Waals surface area contributed by atoms with Crippen molar-refractivity contribution in [2.75, 3.05) is 5.32 Å². The van der Waals surface area contributed by atoms with E-state index in [-0.39, 0.29) is 17.2 Å². The van der Waals surface area contributed by atoms with Gasteiger partial charge in [0, 0.05) is 17.7 Å². The molecule has 0 bridgehead atoms. The van der Waals surface area contributed by atoms with Crippen molar-refractivity contribution >= 4 is 17.3 Å². The molecule has 2 heterocycles. The van der Waals surface area contributed by atoms with Gasteiger partial charge in [-0.05, 0) is 50.5 Å². The summed E-state index contributed by atoms with van der Waals surface area (Å²) in [5, 5.41) is 20.5. The number of nitrogens with zero attached hydrogens (tertiary/aromatic N) is 3. The highest BCUT2D eigenvalue weighted by atomic mass is 19.3. The van der Waals surface area contributed by atoms with Crippen molar-refractivity contribution in [1.29, 1.82) is 5.41 Å². The Kier molecular flexibility index (Phi) is 5.01. The molecule has 0 spiro atoms. The number of carbonyl (C=O) groups is 1. The number of H-pyrrole nitrogens is 1. The number of hydrogen-bond donors (Lipinski definition) is 3. The van der Waals surface area contributed by atoms with Crippen molar-refractivity contribution < 1.29 is 13.6 Å². The molecule has 1 unspecified atom stereocenters. The molecule has 29 heavy (non-hydrogen) atoms. The van der Waals surface area contributed by atoms with Crippen molar-refractivity contribution in [3.05, 3.63) is 40.1 Å². The summed E-state index contributed by atoms with van der Waals surface area (Å²) in [5.74, 6) is 0.492. The monoisotopic (exact) mass is 404 g/mol. The fraction of sp³-hybridized carbons (Fsp3) is 0.526. The zero-order valence-corrected chi connectivity index (χ0v) is 15.9. The van der Waals surface area contributed by atoms with Crippen LogP contribution in [-0.2, 0) is 4.79 Å². The molecule has 0 saturated heterocycles. The van der Waals surface area contributed by atoms with Crippen LogP contribution < -0.4 is 10.9 Å². The van der Waals surface area contributed by atoms with Crippen LogP contribution in [0.4, 0.5) is 14.5 Å². The lowest BCUT2D eigenvalue weighted by Gasteiger charge is -2.16. The van der Waals surface area contributed by atoms with Crippen LogP contribution in [0, 0.1) is 23.2 Å². The Morgan fingerprint density at radius 3 is 2.55 bits per heavy atom. The molecule has 4 rings (SSSR count). The molecule has 3 N–H and O–H groups in total. The predicted octanol–water partition coefficient (Wildman–Crippen LogP) is 2.91. The van der Waals surface area contributed by atoms with Crippen molar-refractivity contribution in [3.63, 3.8) is 0 Å². The van der Waals surface area contributed by atoms with Gasteiger partial charge in [-0.3, -0.25) is 19.7 Å². The SMILES string of the molecule is CC(c1cc(C(F)F)n[nH]c1=O)n1cc(NC(=O)C(=N)C(C2CC2)C2CC2)cn1. The van der Waals surface area contributed by atoms with E-state index >= 15 is 0 Å². The summed E-state index contributed by atoms with van der Waals surface area (Å²) >= 11 is 0. The minimum atomic E-state index is -2.80. The lowest BCUT2D eigenvalue weighted by Crippen LogP contribution is -2.31. The van der Waals surface area contributed by atoms with Crippen LogP contribution in [0.3, 0.4) is 0 Å². The first-order valence-electron chi connectivity index (χ1n) is 9.66. The smallest absolute Gasteiger partial charge is 0.282 e. The zero-order chi connectivity index (χ0) is 20.7. The van der Waals surface area contributed by atoms with E-state index in [0.29, 0.717) is 17.5 Å². The van der Waals surface area contributed by atoms with Gasteiger partial charge in [-0.25, -0.2) is 13.9 Å². The average Bonchev–Trinajstić information content (AvgIpc) is 3.62. The molecule has 0 aromatic carbocycles. The Labute approximate surface area is 165 Å². The molecule has 0 aliphatic heterocycles. The first-order valence-corrected chi connectivity index (χ1v) is 9.66. The summed E-state index contributed by atoms with van der Waals surface area (Å²) in [6.07, 6.45) is 4.43. The van der Waals surface area contributed by atoms with Crippen LogP contribution in [-0.4, -0.2) is 31.6 Å². The van der Waals surface area contributed by atoms with Crippen molar-refractivity contribution in [2.24, 2.45) is 17.8 Å². The number of aromatic nitrogens is 4. The highest BCUT2D eigenvalue weighted by molar-refractivity contribution is 6.42. The van der Waals surface area contributed by atoms with E-state index < -0.39 is 29.6 Å². The van der Waals surface area contributed by atoms with Gasteiger partial charge in [-0.15, -0.1) is 0 Å². The van der Waals surface area contributed by atoms with Gasteiger partial charge in [0.1, 0.15) is 11.4 Å². The summed E-state index contributed by atoms with van der Waals surface area (Å²) in [5.41, 5.74) is -0.515.